The molecule has 1 aliphatic rings. The predicted octanol–water partition coefficient (Wildman–Crippen LogP) is 2.90. The van der Waals surface area contributed by atoms with Gasteiger partial charge in [0.2, 0.25) is 0 Å². The zero-order valence-corrected chi connectivity index (χ0v) is 13.3. The second kappa shape index (κ2) is 10.6. The Morgan fingerprint density at radius 2 is 2.00 bits per heavy atom. The molecule has 0 aromatic rings. The van der Waals surface area contributed by atoms with Crippen LogP contribution >= 0.6 is 0 Å². The minimum atomic E-state index is 0.430. The molecule has 1 atom stereocenters. The lowest BCUT2D eigenvalue weighted by atomic mass is 10.2. The van der Waals surface area contributed by atoms with E-state index in [0.29, 0.717) is 6.10 Å². The predicted molar refractivity (Wildman–Crippen MR) is 82.6 cm³/mol. The molecule has 0 aromatic heterocycles. The maximum Gasteiger partial charge on any atom is 0.0597 e. The minimum Gasteiger partial charge on any atom is -0.377 e. The second-order valence-corrected chi connectivity index (χ2v) is 5.87. The van der Waals surface area contributed by atoms with Crippen LogP contribution in [0.1, 0.15) is 52.4 Å². The van der Waals surface area contributed by atoms with Crippen LogP contribution in [0.2, 0.25) is 0 Å². The van der Waals surface area contributed by atoms with E-state index in [1.54, 1.807) is 0 Å². The quantitative estimate of drug-likeness (QED) is 0.557. The van der Waals surface area contributed by atoms with Gasteiger partial charge in [0.25, 0.3) is 0 Å². The molecule has 3 heteroatoms. The van der Waals surface area contributed by atoms with E-state index in [4.69, 9.17) is 4.74 Å². The monoisotopic (exact) mass is 270 g/mol. The molecule has 3 nitrogen and oxygen atoms in total. The summed E-state index contributed by atoms with van der Waals surface area (Å²) >= 11 is 0. The van der Waals surface area contributed by atoms with Crippen LogP contribution < -0.4 is 5.32 Å². The Morgan fingerprint density at radius 3 is 2.58 bits per heavy atom. The van der Waals surface area contributed by atoms with Crippen LogP contribution in [0.3, 0.4) is 0 Å². The molecule has 0 amide bonds. The van der Waals surface area contributed by atoms with E-state index < -0.39 is 0 Å². The highest BCUT2D eigenvalue weighted by molar-refractivity contribution is 4.74. The molecular formula is C16H34N2O. The largest absolute Gasteiger partial charge is 0.377 e. The van der Waals surface area contributed by atoms with E-state index in [9.17, 15) is 0 Å². The lowest BCUT2D eigenvalue weighted by Crippen LogP contribution is -2.31. The van der Waals surface area contributed by atoms with Crippen molar-refractivity contribution in [3.8, 4) is 0 Å². The van der Waals surface area contributed by atoms with Gasteiger partial charge in [0.15, 0.2) is 0 Å². The number of nitrogens with zero attached hydrogens (tertiary/aromatic N) is 1. The molecule has 0 bridgehead atoms. The summed E-state index contributed by atoms with van der Waals surface area (Å²) in [6, 6.07) is 0. The number of nitrogens with one attached hydrogen (secondary N) is 1. The molecule has 114 valence electrons. The third kappa shape index (κ3) is 8.61. The van der Waals surface area contributed by atoms with E-state index in [1.807, 2.05) is 7.05 Å². The molecule has 0 radical (unpaired) electrons. The third-order valence-corrected chi connectivity index (χ3v) is 4.02. The lowest BCUT2D eigenvalue weighted by Gasteiger charge is -2.23. The topological polar surface area (TPSA) is 24.5 Å². The molecule has 0 aromatic carbocycles. The van der Waals surface area contributed by atoms with Gasteiger partial charge in [-0.15, -0.1) is 0 Å². The van der Waals surface area contributed by atoms with Crippen LogP contribution in [0.15, 0.2) is 0 Å². The molecule has 0 spiro atoms. The van der Waals surface area contributed by atoms with E-state index in [1.165, 1.54) is 38.8 Å². The maximum atomic E-state index is 6.01. The van der Waals surface area contributed by atoms with Crippen LogP contribution in [0.5, 0.6) is 0 Å². The third-order valence-electron chi connectivity index (χ3n) is 4.02. The van der Waals surface area contributed by atoms with Gasteiger partial charge in [0.1, 0.15) is 0 Å². The highest BCUT2D eigenvalue weighted by atomic mass is 16.5. The number of hydrogen-bond acceptors (Lipinski definition) is 3. The highest BCUT2D eigenvalue weighted by Gasteiger charge is 2.21. The van der Waals surface area contributed by atoms with E-state index >= 15 is 0 Å². The van der Waals surface area contributed by atoms with Crippen molar-refractivity contribution in [1.29, 1.82) is 0 Å². The Balaban J connectivity index is 2.10. The second-order valence-electron chi connectivity index (χ2n) is 5.87. The van der Waals surface area contributed by atoms with Crippen LogP contribution in [0, 0.1) is 5.92 Å². The molecule has 1 fully saturated rings. The summed E-state index contributed by atoms with van der Waals surface area (Å²) < 4.78 is 6.01. The van der Waals surface area contributed by atoms with Crippen molar-refractivity contribution < 1.29 is 4.74 Å². The zero-order chi connectivity index (χ0) is 13.9. The van der Waals surface area contributed by atoms with Crippen molar-refractivity contribution in [2.24, 2.45) is 5.92 Å². The van der Waals surface area contributed by atoms with Crippen LogP contribution in [0.25, 0.3) is 0 Å². The van der Waals surface area contributed by atoms with Gasteiger partial charge < -0.3 is 15.0 Å². The van der Waals surface area contributed by atoms with Crippen LogP contribution in [-0.2, 0) is 4.74 Å². The first-order valence-electron chi connectivity index (χ1n) is 8.28. The molecule has 0 heterocycles. The van der Waals surface area contributed by atoms with Gasteiger partial charge in [-0.1, -0.05) is 26.7 Å². The minimum absolute atomic E-state index is 0.430. The lowest BCUT2D eigenvalue weighted by molar-refractivity contribution is 0.0304. The maximum absolute atomic E-state index is 6.01. The molecule has 1 unspecified atom stereocenters. The summed E-state index contributed by atoms with van der Waals surface area (Å²) in [7, 11) is 2.01. The molecular weight excluding hydrogens is 236 g/mol. The Labute approximate surface area is 120 Å². The van der Waals surface area contributed by atoms with Crippen molar-refractivity contribution in [3.63, 3.8) is 0 Å². The molecule has 1 saturated carbocycles. The van der Waals surface area contributed by atoms with Gasteiger partial charge in [0.05, 0.1) is 12.7 Å². The number of rotatable bonds is 13. The van der Waals surface area contributed by atoms with Gasteiger partial charge in [-0.3, -0.25) is 0 Å². The molecule has 1 aliphatic carbocycles. The van der Waals surface area contributed by atoms with Gasteiger partial charge in [-0.05, 0) is 58.3 Å². The Bertz CT molecular complexity index is 207. The normalized spacial score (nSPS) is 17.1. The first-order chi connectivity index (χ1) is 9.30. The molecule has 1 N–H and O–H groups in total. The van der Waals surface area contributed by atoms with Crippen molar-refractivity contribution >= 4 is 0 Å². The number of ether oxygens (including phenoxy) is 1. The standard InChI is InChI=1S/C16H34N2O/c1-4-11-18(12-9-15-6-7-15)13-14-19-16(5-2)8-10-17-3/h15-17H,4-14H2,1-3H3. The molecule has 1 rings (SSSR count). The summed E-state index contributed by atoms with van der Waals surface area (Å²) in [5.74, 6) is 1.04. The summed E-state index contributed by atoms with van der Waals surface area (Å²) in [5, 5.41) is 3.20. The summed E-state index contributed by atoms with van der Waals surface area (Å²) in [6.07, 6.45) is 8.27. The van der Waals surface area contributed by atoms with Gasteiger partial charge in [0, 0.05) is 6.54 Å². The fraction of sp³-hybridized carbons (Fsp3) is 1.00. The fourth-order valence-electron chi connectivity index (χ4n) is 2.48. The Kier molecular flexibility index (Phi) is 9.48. The van der Waals surface area contributed by atoms with Crippen molar-refractivity contribution in [2.45, 2.75) is 58.5 Å². The first-order valence-corrected chi connectivity index (χ1v) is 8.28. The van der Waals surface area contributed by atoms with E-state index in [2.05, 4.69) is 24.1 Å². The van der Waals surface area contributed by atoms with E-state index in [-0.39, 0.29) is 0 Å². The van der Waals surface area contributed by atoms with Crippen molar-refractivity contribution in [2.75, 3.05) is 39.8 Å². The van der Waals surface area contributed by atoms with Crippen LogP contribution in [0.4, 0.5) is 0 Å². The van der Waals surface area contributed by atoms with Crippen molar-refractivity contribution in [3.05, 3.63) is 0 Å². The fourth-order valence-corrected chi connectivity index (χ4v) is 2.48. The van der Waals surface area contributed by atoms with Gasteiger partial charge >= 0.3 is 0 Å². The summed E-state index contributed by atoms with van der Waals surface area (Å²) in [6.45, 7) is 10.0. The highest BCUT2D eigenvalue weighted by Crippen LogP contribution is 2.32. The first kappa shape index (κ1) is 16.9. The summed E-state index contributed by atoms with van der Waals surface area (Å²) in [5.41, 5.74) is 0. The van der Waals surface area contributed by atoms with Gasteiger partial charge in [-0.25, -0.2) is 0 Å². The molecule has 0 saturated heterocycles. The Hall–Kier alpha value is -0.120. The zero-order valence-electron chi connectivity index (χ0n) is 13.3. The van der Waals surface area contributed by atoms with Crippen LogP contribution in [-0.4, -0.2) is 50.8 Å². The average molecular weight is 270 g/mol. The SMILES string of the molecule is CCCN(CCOC(CC)CCNC)CCC1CC1. The smallest absolute Gasteiger partial charge is 0.0597 e. The van der Waals surface area contributed by atoms with E-state index in [0.717, 1.165) is 38.5 Å². The van der Waals surface area contributed by atoms with Gasteiger partial charge in [-0.2, -0.15) is 0 Å². The molecule has 0 aliphatic heterocycles. The Morgan fingerprint density at radius 1 is 1.21 bits per heavy atom. The average Bonchev–Trinajstić information content (AvgIpc) is 3.24. The summed E-state index contributed by atoms with van der Waals surface area (Å²) in [4.78, 5) is 2.59. The molecule has 19 heavy (non-hydrogen) atoms. The number of hydrogen-bond donors (Lipinski definition) is 1. The van der Waals surface area contributed by atoms with Crippen molar-refractivity contribution in [1.82, 2.24) is 10.2 Å².